The molecular formula is C23H29N3O2. The van der Waals surface area contributed by atoms with Crippen LogP contribution < -0.4 is 10.6 Å². The van der Waals surface area contributed by atoms with Crippen molar-refractivity contribution in [1.82, 2.24) is 4.90 Å². The highest BCUT2D eigenvalue weighted by Gasteiger charge is 2.24. The summed E-state index contributed by atoms with van der Waals surface area (Å²) < 4.78 is 0. The smallest absolute Gasteiger partial charge is 0.257 e. The molecule has 5 heteroatoms. The number of likely N-dealkylation sites (N-methyl/N-ethyl adjacent to an activating group) is 1. The molecule has 1 fully saturated rings. The van der Waals surface area contributed by atoms with E-state index in [2.05, 4.69) is 10.6 Å². The van der Waals surface area contributed by atoms with E-state index in [9.17, 15) is 9.59 Å². The maximum absolute atomic E-state index is 12.8. The maximum Gasteiger partial charge on any atom is 0.257 e. The molecule has 0 spiro atoms. The summed E-state index contributed by atoms with van der Waals surface area (Å²) in [6.45, 7) is 2.95. The summed E-state index contributed by atoms with van der Waals surface area (Å²) in [6, 6.07) is 17.0. The Balaban J connectivity index is 1.64. The molecular weight excluding hydrogens is 350 g/mol. The maximum atomic E-state index is 12.8. The van der Waals surface area contributed by atoms with Crippen LogP contribution in [0.25, 0.3) is 0 Å². The first-order valence-corrected chi connectivity index (χ1v) is 10.2. The third-order valence-corrected chi connectivity index (χ3v) is 5.31. The minimum Gasteiger partial charge on any atom is -0.376 e. The van der Waals surface area contributed by atoms with E-state index in [-0.39, 0.29) is 18.4 Å². The summed E-state index contributed by atoms with van der Waals surface area (Å²) in [7, 11) is 0. The van der Waals surface area contributed by atoms with E-state index < -0.39 is 0 Å². The first-order valence-electron chi connectivity index (χ1n) is 10.2. The van der Waals surface area contributed by atoms with Gasteiger partial charge in [-0.3, -0.25) is 9.59 Å². The molecule has 2 N–H and O–H groups in total. The molecule has 0 bridgehead atoms. The van der Waals surface area contributed by atoms with E-state index in [0.717, 1.165) is 25.1 Å². The molecule has 0 aliphatic heterocycles. The summed E-state index contributed by atoms with van der Waals surface area (Å²) in [5, 5.41) is 6.08. The molecule has 0 heterocycles. The second kappa shape index (κ2) is 9.93. The van der Waals surface area contributed by atoms with Gasteiger partial charge in [0, 0.05) is 24.0 Å². The van der Waals surface area contributed by atoms with E-state index in [0.29, 0.717) is 17.3 Å². The number of nitrogens with one attached hydrogen (secondary N) is 2. The number of benzene rings is 2. The molecule has 0 saturated heterocycles. The van der Waals surface area contributed by atoms with Gasteiger partial charge in [0.25, 0.3) is 5.91 Å². The van der Waals surface area contributed by atoms with Gasteiger partial charge in [0.1, 0.15) is 0 Å². The number of carbonyl (C=O) groups excluding carboxylic acids is 2. The third kappa shape index (κ3) is 5.12. The van der Waals surface area contributed by atoms with Crippen molar-refractivity contribution >= 4 is 23.2 Å². The highest BCUT2D eigenvalue weighted by Crippen LogP contribution is 2.23. The Bertz CT molecular complexity index is 785. The molecule has 2 aromatic rings. The highest BCUT2D eigenvalue weighted by molar-refractivity contribution is 6.08. The second-order valence-corrected chi connectivity index (χ2v) is 7.19. The lowest BCUT2D eigenvalue weighted by Gasteiger charge is -2.33. The molecule has 2 aromatic carbocycles. The van der Waals surface area contributed by atoms with Crippen molar-refractivity contribution in [2.75, 3.05) is 23.7 Å². The Morgan fingerprint density at radius 1 is 0.964 bits per heavy atom. The molecule has 28 heavy (non-hydrogen) atoms. The van der Waals surface area contributed by atoms with E-state index in [4.69, 9.17) is 0 Å². The van der Waals surface area contributed by atoms with Crippen molar-refractivity contribution < 1.29 is 9.59 Å². The Hall–Kier alpha value is -2.82. The van der Waals surface area contributed by atoms with Crippen molar-refractivity contribution in [3.05, 3.63) is 60.2 Å². The van der Waals surface area contributed by atoms with Crippen LogP contribution >= 0.6 is 0 Å². The van der Waals surface area contributed by atoms with Crippen LogP contribution in [-0.2, 0) is 4.79 Å². The Kier molecular flexibility index (Phi) is 7.06. The van der Waals surface area contributed by atoms with E-state index in [1.807, 2.05) is 60.4 Å². The molecule has 0 radical (unpaired) electrons. The fourth-order valence-electron chi connectivity index (χ4n) is 3.86. The third-order valence-electron chi connectivity index (χ3n) is 5.31. The fraction of sp³-hybridized carbons (Fsp3) is 0.391. The molecule has 2 amide bonds. The van der Waals surface area contributed by atoms with Crippen molar-refractivity contribution in [3.63, 3.8) is 0 Å². The highest BCUT2D eigenvalue weighted by atomic mass is 16.2. The molecule has 1 aliphatic carbocycles. The summed E-state index contributed by atoms with van der Waals surface area (Å²) >= 11 is 0. The lowest BCUT2D eigenvalue weighted by atomic mass is 9.94. The second-order valence-electron chi connectivity index (χ2n) is 7.19. The molecule has 1 aliphatic rings. The summed E-state index contributed by atoms with van der Waals surface area (Å²) in [5.74, 6) is -0.103. The van der Waals surface area contributed by atoms with Gasteiger partial charge in [-0.15, -0.1) is 0 Å². The van der Waals surface area contributed by atoms with E-state index in [1.165, 1.54) is 19.3 Å². The zero-order valence-electron chi connectivity index (χ0n) is 16.5. The quantitative estimate of drug-likeness (QED) is 0.743. The Morgan fingerprint density at radius 2 is 1.64 bits per heavy atom. The van der Waals surface area contributed by atoms with Gasteiger partial charge in [0.05, 0.1) is 12.1 Å². The molecule has 5 nitrogen and oxygen atoms in total. The van der Waals surface area contributed by atoms with Crippen LogP contribution in [0.1, 0.15) is 49.4 Å². The predicted molar refractivity (Wildman–Crippen MR) is 114 cm³/mol. The number of nitrogens with zero attached hydrogens (tertiary/aromatic N) is 1. The van der Waals surface area contributed by atoms with Crippen LogP contribution in [-0.4, -0.2) is 35.8 Å². The van der Waals surface area contributed by atoms with Crippen molar-refractivity contribution in [3.8, 4) is 0 Å². The number of carbonyl (C=O) groups is 2. The molecule has 148 valence electrons. The predicted octanol–water partition coefficient (Wildman–Crippen LogP) is 4.53. The topological polar surface area (TPSA) is 61.4 Å². The van der Waals surface area contributed by atoms with Gasteiger partial charge in [-0.1, -0.05) is 49.6 Å². The molecule has 1 saturated carbocycles. The Morgan fingerprint density at radius 3 is 2.36 bits per heavy atom. The lowest BCUT2D eigenvalue weighted by molar-refractivity contribution is -0.132. The van der Waals surface area contributed by atoms with Gasteiger partial charge in [0.15, 0.2) is 0 Å². The SMILES string of the molecule is CCN(C(=O)CNc1ccccc1C(=O)Nc1ccccc1)C1CCCCC1. The van der Waals surface area contributed by atoms with E-state index >= 15 is 0 Å². The minimum absolute atomic E-state index is 0.0904. The van der Waals surface area contributed by atoms with Gasteiger partial charge in [-0.25, -0.2) is 0 Å². The number of hydrogen-bond acceptors (Lipinski definition) is 3. The van der Waals surface area contributed by atoms with Gasteiger partial charge in [-0.05, 0) is 44.0 Å². The zero-order valence-corrected chi connectivity index (χ0v) is 16.5. The number of amides is 2. The van der Waals surface area contributed by atoms with Gasteiger partial charge < -0.3 is 15.5 Å². The van der Waals surface area contributed by atoms with Crippen LogP contribution in [0.5, 0.6) is 0 Å². The van der Waals surface area contributed by atoms with E-state index in [1.54, 1.807) is 6.07 Å². The van der Waals surface area contributed by atoms with Crippen LogP contribution in [0.3, 0.4) is 0 Å². The summed E-state index contributed by atoms with van der Waals surface area (Å²) in [6.07, 6.45) is 5.85. The number of para-hydroxylation sites is 2. The van der Waals surface area contributed by atoms with Crippen molar-refractivity contribution in [2.24, 2.45) is 0 Å². The normalized spacial score (nSPS) is 14.3. The Labute approximate surface area is 167 Å². The zero-order chi connectivity index (χ0) is 19.8. The number of anilines is 2. The molecule has 0 atom stereocenters. The number of hydrogen-bond donors (Lipinski definition) is 2. The summed E-state index contributed by atoms with van der Waals surface area (Å²) in [5.41, 5.74) is 1.94. The average Bonchev–Trinajstić information content (AvgIpc) is 2.74. The standard InChI is InChI=1S/C23H29N3O2/c1-2-26(19-13-7-4-8-14-19)22(27)17-24-21-16-10-9-15-20(21)23(28)25-18-11-5-3-6-12-18/h3,5-6,9-12,15-16,19,24H,2,4,7-8,13-14,17H2,1H3,(H,25,28). The largest absolute Gasteiger partial charge is 0.376 e. The van der Waals surface area contributed by atoms with Crippen LogP contribution in [0.2, 0.25) is 0 Å². The van der Waals surface area contributed by atoms with Gasteiger partial charge >= 0.3 is 0 Å². The van der Waals surface area contributed by atoms with Crippen LogP contribution in [0, 0.1) is 0 Å². The van der Waals surface area contributed by atoms with Crippen LogP contribution in [0.15, 0.2) is 54.6 Å². The van der Waals surface area contributed by atoms with Gasteiger partial charge in [-0.2, -0.15) is 0 Å². The molecule has 0 aromatic heterocycles. The number of rotatable bonds is 7. The van der Waals surface area contributed by atoms with Gasteiger partial charge in [0.2, 0.25) is 5.91 Å². The molecule has 3 rings (SSSR count). The first-order chi connectivity index (χ1) is 13.7. The van der Waals surface area contributed by atoms with Crippen molar-refractivity contribution in [2.45, 2.75) is 45.1 Å². The van der Waals surface area contributed by atoms with Crippen LogP contribution in [0.4, 0.5) is 11.4 Å². The first kappa shape index (κ1) is 19.9. The average molecular weight is 380 g/mol. The minimum atomic E-state index is -0.193. The summed E-state index contributed by atoms with van der Waals surface area (Å²) in [4.78, 5) is 27.4. The monoisotopic (exact) mass is 379 g/mol. The fourth-order valence-corrected chi connectivity index (χ4v) is 3.86. The lowest BCUT2D eigenvalue weighted by Crippen LogP contribution is -2.44. The molecule has 0 unspecified atom stereocenters. The van der Waals surface area contributed by atoms with Crippen molar-refractivity contribution in [1.29, 1.82) is 0 Å².